The van der Waals surface area contributed by atoms with Gasteiger partial charge in [-0.05, 0) is 118 Å². The van der Waals surface area contributed by atoms with E-state index in [0.29, 0.717) is 47.0 Å². The van der Waals surface area contributed by atoms with Crippen LogP contribution in [0.15, 0.2) is 58.7 Å². The van der Waals surface area contributed by atoms with Gasteiger partial charge < -0.3 is 54.3 Å². The van der Waals surface area contributed by atoms with Crippen molar-refractivity contribution in [2.75, 3.05) is 57.4 Å². The second-order valence-electron chi connectivity index (χ2n) is 24.2. The summed E-state index contributed by atoms with van der Waals surface area (Å²) in [6, 6.07) is 12.0. The average Bonchev–Trinajstić information content (AvgIpc) is 4.21. The molecule has 20 nitrogen and oxygen atoms in total. The number of aromatic nitrogens is 5. The number of amides is 3. The first kappa shape index (κ1) is 55.5. The highest BCUT2D eigenvalue weighted by Gasteiger charge is 2.51. The highest BCUT2D eigenvalue weighted by atomic mass is 35.5. The Balaban J connectivity index is 0.617. The molecule has 0 spiro atoms. The van der Waals surface area contributed by atoms with E-state index in [2.05, 4.69) is 35.6 Å². The maximum Gasteiger partial charge on any atom is 0.410 e. The number of phenolic OH excluding ortho intramolecular Hbond substituents is 1. The van der Waals surface area contributed by atoms with Gasteiger partial charge in [-0.25, -0.2) is 14.2 Å². The monoisotopic (exact) mass is 1170 g/mol. The Kier molecular flexibility index (Phi) is 14.9. The third kappa shape index (κ3) is 10.8. The molecule has 6 aliphatic heterocycles. The highest BCUT2D eigenvalue weighted by Crippen LogP contribution is 2.50. The summed E-state index contributed by atoms with van der Waals surface area (Å²) in [7, 11) is 0. The van der Waals surface area contributed by atoms with Gasteiger partial charge in [-0.3, -0.25) is 19.5 Å². The Hall–Kier alpha value is -6.72. The molecule has 3 amide bonds. The predicted octanol–water partition coefficient (Wildman–Crippen LogP) is 8.28. The first-order valence-electron chi connectivity index (χ1n) is 29.2. The van der Waals surface area contributed by atoms with Crippen molar-refractivity contribution in [2.24, 2.45) is 5.92 Å². The molecule has 2 aromatic carbocycles. The van der Waals surface area contributed by atoms with Gasteiger partial charge in [-0.15, -0.1) is 11.3 Å². The predicted molar refractivity (Wildman–Crippen MR) is 307 cm³/mol. The van der Waals surface area contributed by atoms with Gasteiger partial charge in [0, 0.05) is 67.0 Å². The number of aliphatic hydroxyl groups excluding tert-OH is 1. The van der Waals surface area contributed by atoms with Crippen LogP contribution >= 0.6 is 22.9 Å². The second kappa shape index (κ2) is 22.4. The SMILES string of the molecule is Cc1ncsc1-c1ccc([C@H](C)NC(=O)[C@@H]2C[C@@H](O)CN2C(=O)[C@@H](c2cc(OC3CN(C(=O)OC[C@@H]4CC[C@@]5(COc6nc(N7CC8CCC(C7)N8)c7cnc(-c8cc(O)cc(Cl)c8C8CC8)c(F)c7n6)CCCN45)C3)no2)C(C)C)cc1. The number of aryl methyl sites for hydroxylation is 1. The van der Waals surface area contributed by atoms with Crippen LogP contribution in [-0.4, -0.2) is 162 Å². The molecule has 2 unspecified atom stereocenters. The summed E-state index contributed by atoms with van der Waals surface area (Å²) in [5.74, 6) is -1.27. The Morgan fingerprint density at radius 2 is 1.77 bits per heavy atom. The fourth-order valence-electron chi connectivity index (χ4n) is 13.7. The molecule has 2 bridgehead atoms. The number of nitrogens with zero attached hydrogens (tertiary/aromatic N) is 9. The van der Waals surface area contributed by atoms with E-state index < -0.39 is 30.0 Å². The minimum Gasteiger partial charge on any atom is -0.508 e. The van der Waals surface area contributed by atoms with E-state index in [9.17, 15) is 24.6 Å². The minimum absolute atomic E-state index is 0.00222. The zero-order chi connectivity index (χ0) is 57.4. The van der Waals surface area contributed by atoms with Crippen LogP contribution in [-0.2, 0) is 14.3 Å². The topological polar surface area (TPSA) is 234 Å². The molecule has 6 saturated heterocycles. The average molecular weight is 1170 g/mol. The lowest BCUT2D eigenvalue weighted by Gasteiger charge is -2.38. The van der Waals surface area contributed by atoms with Crippen molar-refractivity contribution in [2.45, 2.75) is 145 Å². The lowest BCUT2D eigenvalue weighted by molar-refractivity contribution is -0.141. The summed E-state index contributed by atoms with van der Waals surface area (Å²) >= 11 is 8.24. The number of aliphatic hydroxyl groups is 1. The van der Waals surface area contributed by atoms with Crippen molar-refractivity contribution < 1.29 is 47.7 Å². The highest BCUT2D eigenvalue weighted by molar-refractivity contribution is 7.13. The number of pyridine rings is 1. The number of thiazole rings is 1. The van der Waals surface area contributed by atoms with Crippen LogP contribution in [0.5, 0.6) is 17.6 Å². The van der Waals surface area contributed by atoms with E-state index >= 15 is 4.39 Å². The van der Waals surface area contributed by atoms with E-state index in [4.69, 9.17) is 40.3 Å². The molecule has 0 radical (unpaired) electrons. The number of carbonyl (C=O) groups excluding carboxylic acids is 3. The van der Waals surface area contributed by atoms with Crippen LogP contribution < -0.4 is 25.0 Å². The van der Waals surface area contributed by atoms with E-state index in [1.165, 1.54) is 17.0 Å². The Morgan fingerprint density at radius 3 is 2.51 bits per heavy atom. The fraction of sp³-hybridized carbons (Fsp3) is 0.533. The number of rotatable bonds is 17. The first-order chi connectivity index (χ1) is 40.1. The zero-order valence-electron chi connectivity index (χ0n) is 46.9. The normalized spacial score (nSPS) is 25.0. The summed E-state index contributed by atoms with van der Waals surface area (Å²) < 4.78 is 41.5. The molecule has 1 saturated carbocycles. The Labute approximate surface area is 489 Å². The number of carbonyl (C=O) groups is 3. The summed E-state index contributed by atoms with van der Waals surface area (Å²) in [6.45, 7) is 10.9. The number of phenols is 1. The maximum atomic E-state index is 17.1. The number of aromatic hydroxyl groups is 1. The number of hydrogen-bond donors (Lipinski definition) is 4. The molecule has 8 atom stereocenters. The van der Waals surface area contributed by atoms with Crippen LogP contribution in [0.1, 0.15) is 119 Å². The Bertz CT molecular complexity index is 3440. The van der Waals surface area contributed by atoms with Gasteiger partial charge in [-0.2, -0.15) is 9.97 Å². The number of halogens is 2. The van der Waals surface area contributed by atoms with Crippen LogP contribution in [0.25, 0.3) is 32.6 Å². The third-order valence-corrected chi connectivity index (χ3v) is 19.5. The molecule has 13 rings (SSSR count). The quantitative estimate of drug-likeness (QED) is 0.0672. The van der Waals surface area contributed by atoms with Gasteiger partial charge in [-0.1, -0.05) is 49.7 Å². The Morgan fingerprint density at radius 1 is 0.988 bits per heavy atom. The molecule has 6 aromatic rings. The molecule has 438 valence electrons. The smallest absolute Gasteiger partial charge is 0.410 e. The number of hydrogen-bond acceptors (Lipinski definition) is 18. The molecule has 7 fully saturated rings. The number of fused-ring (bicyclic) bond motifs is 4. The van der Waals surface area contributed by atoms with E-state index in [1.807, 2.05) is 57.5 Å². The molecule has 1 aliphatic carbocycles. The van der Waals surface area contributed by atoms with Crippen molar-refractivity contribution in [3.8, 4) is 39.3 Å². The van der Waals surface area contributed by atoms with Crippen molar-refractivity contribution in [1.82, 2.24) is 50.4 Å². The largest absolute Gasteiger partial charge is 0.508 e. The number of ether oxygens (including phenoxy) is 3. The summed E-state index contributed by atoms with van der Waals surface area (Å²) in [6.07, 6.45) is 7.39. The summed E-state index contributed by atoms with van der Waals surface area (Å²) in [4.78, 5) is 69.1. The van der Waals surface area contributed by atoms with E-state index in [0.717, 1.165) is 85.2 Å². The standard InChI is InChI=1S/C60H69ClFN11O9S/c1-31(2)49(57(77)72-25-41(75)20-46(72)56(76)65-32(3)34-6-10-36(11-7-34)54-33(4)64-30-83-54)47-21-48(69-82-47)81-42-26-71(27-42)59(78)79-28-39-14-16-60(15-5-17-73(39)60)29-80-58-67-53-44(55(68-58)70-23-37-12-13-38(24-70)66-37)22-63-52(51(53)62)43-18-40(74)19-45(61)50(43)35-8-9-35/h6-7,10-11,18-19,21-22,30-32,35,37-39,41-42,46,49,66,74-75H,5,8-9,12-17,20,23-29H2,1-4H3,(H,65,76)/t32-,37?,38?,39-,41+,46-,49+,60+/m0/s1. The molecule has 4 N–H and O–H groups in total. The van der Waals surface area contributed by atoms with Crippen LogP contribution in [0, 0.1) is 18.7 Å². The van der Waals surface area contributed by atoms with E-state index in [1.54, 1.807) is 28.5 Å². The van der Waals surface area contributed by atoms with Gasteiger partial charge in [0.05, 0.1) is 52.2 Å². The molecule has 7 aliphatic rings. The molecule has 23 heteroatoms. The van der Waals surface area contributed by atoms with Gasteiger partial charge in [0.25, 0.3) is 5.88 Å². The lowest BCUT2D eigenvalue weighted by Crippen LogP contribution is -2.56. The maximum absolute atomic E-state index is 17.1. The molecule has 4 aromatic heterocycles. The van der Waals surface area contributed by atoms with Crippen molar-refractivity contribution in [3.05, 3.63) is 87.6 Å². The van der Waals surface area contributed by atoms with Gasteiger partial charge in [0.2, 0.25) is 11.8 Å². The molecule has 10 heterocycles. The number of benzene rings is 2. The lowest BCUT2D eigenvalue weighted by atomic mass is 9.91. The van der Waals surface area contributed by atoms with Crippen LogP contribution in [0.3, 0.4) is 0 Å². The summed E-state index contributed by atoms with van der Waals surface area (Å²) in [5.41, 5.74) is 5.79. The number of anilines is 1. The van der Waals surface area contributed by atoms with Crippen molar-refractivity contribution in [3.63, 3.8) is 0 Å². The summed E-state index contributed by atoms with van der Waals surface area (Å²) in [5, 5.41) is 33.1. The molecular formula is C60H69ClFN11O9S. The molecular weight excluding hydrogens is 1110 g/mol. The van der Waals surface area contributed by atoms with Crippen molar-refractivity contribution in [1.29, 1.82) is 0 Å². The van der Waals surface area contributed by atoms with Gasteiger partial charge in [0.1, 0.15) is 54.1 Å². The van der Waals surface area contributed by atoms with Gasteiger partial charge >= 0.3 is 12.1 Å². The zero-order valence-corrected chi connectivity index (χ0v) is 48.5. The van der Waals surface area contributed by atoms with Crippen LogP contribution in [0.2, 0.25) is 5.02 Å². The van der Waals surface area contributed by atoms with Crippen LogP contribution in [0.4, 0.5) is 15.0 Å². The third-order valence-electron chi connectivity index (χ3n) is 18.2. The number of β-amino-alcohol motifs (C(OH)–C–C–N with tert-alkyl or cyclic N) is 1. The van der Waals surface area contributed by atoms with Crippen molar-refractivity contribution >= 4 is 57.6 Å². The number of nitrogens with one attached hydrogen (secondary N) is 2. The second-order valence-corrected chi connectivity index (χ2v) is 25.5. The van der Waals surface area contributed by atoms with E-state index in [-0.39, 0.29) is 121 Å². The molecule has 83 heavy (non-hydrogen) atoms. The van der Waals surface area contributed by atoms with Gasteiger partial charge in [0.15, 0.2) is 11.6 Å². The first-order valence-corrected chi connectivity index (χ1v) is 30.5. The number of piperazine rings is 1. The minimum atomic E-state index is -0.884. The fourth-order valence-corrected chi connectivity index (χ4v) is 14.9. The number of likely N-dealkylation sites (tertiary alicyclic amines) is 2.